The maximum atomic E-state index is 10.7. The van der Waals surface area contributed by atoms with Gasteiger partial charge in [-0.15, -0.1) is 10.2 Å². The average Bonchev–Trinajstić information content (AvgIpc) is 3.06. The molecular formula is C12H11N5O3S. The largest absolute Gasteiger partial charge is 0.384 e. The van der Waals surface area contributed by atoms with Crippen LogP contribution in [0.3, 0.4) is 0 Å². The van der Waals surface area contributed by atoms with Gasteiger partial charge >= 0.3 is 0 Å². The highest BCUT2D eigenvalue weighted by atomic mass is 32.1. The number of rotatable bonds is 5. The minimum absolute atomic E-state index is 0.0579. The zero-order valence-corrected chi connectivity index (χ0v) is 11.9. The summed E-state index contributed by atoms with van der Waals surface area (Å²) in [6.45, 7) is 0.547. The molecule has 0 amide bonds. The number of fused-ring (bicyclic) bond motifs is 1. The number of nitro groups is 1. The van der Waals surface area contributed by atoms with Crippen molar-refractivity contribution >= 4 is 22.0 Å². The lowest BCUT2D eigenvalue weighted by Crippen LogP contribution is -2.01. The van der Waals surface area contributed by atoms with E-state index in [1.807, 2.05) is 0 Å². The van der Waals surface area contributed by atoms with Crippen LogP contribution in [-0.2, 0) is 11.2 Å². The van der Waals surface area contributed by atoms with Crippen LogP contribution in [-0.4, -0.2) is 38.5 Å². The maximum Gasteiger partial charge on any atom is 0.269 e. The fourth-order valence-electron chi connectivity index (χ4n) is 1.85. The Morgan fingerprint density at radius 2 is 2.10 bits per heavy atom. The van der Waals surface area contributed by atoms with Gasteiger partial charge in [-0.1, -0.05) is 11.3 Å². The molecule has 0 saturated heterocycles. The van der Waals surface area contributed by atoms with Crippen LogP contribution in [0, 0.1) is 10.1 Å². The second-order valence-electron chi connectivity index (χ2n) is 4.26. The summed E-state index contributed by atoms with van der Waals surface area (Å²) in [4.78, 5) is 10.9. The number of hydrogen-bond donors (Lipinski definition) is 0. The molecule has 9 heteroatoms. The summed E-state index contributed by atoms with van der Waals surface area (Å²) in [5.41, 5.74) is 0.872. The van der Waals surface area contributed by atoms with Crippen molar-refractivity contribution in [2.75, 3.05) is 13.7 Å². The van der Waals surface area contributed by atoms with E-state index in [2.05, 4.69) is 15.3 Å². The van der Waals surface area contributed by atoms with Crippen LogP contribution >= 0.6 is 11.3 Å². The van der Waals surface area contributed by atoms with Crippen LogP contribution in [0.5, 0.6) is 0 Å². The Kier molecular flexibility index (Phi) is 3.59. The molecule has 0 unspecified atom stereocenters. The highest BCUT2D eigenvalue weighted by Crippen LogP contribution is 2.27. The molecule has 0 atom stereocenters. The van der Waals surface area contributed by atoms with Crippen molar-refractivity contribution in [3.63, 3.8) is 0 Å². The van der Waals surface area contributed by atoms with Gasteiger partial charge in [0.15, 0.2) is 5.82 Å². The topological polar surface area (TPSA) is 95.5 Å². The van der Waals surface area contributed by atoms with E-state index in [0.29, 0.717) is 18.0 Å². The smallest absolute Gasteiger partial charge is 0.269 e. The molecule has 0 fully saturated rings. The lowest BCUT2D eigenvalue weighted by Gasteiger charge is -1.96. The minimum atomic E-state index is -0.425. The Bertz CT molecular complexity index is 780. The lowest BCUT2D eigenvalue weighted by atomic mass is 10.2. The summed E-state index contributed by atoms with van der Waals surface area (Å²) in [7, 11) is 1.63. The molecule has 108 valence electrons. The molecule has 3 aromatic rings. The molecule has 1 aromatic carbocycles. The van der Waals surface area contributed by atoms with E-state index in [0.717, 1.165) is 16.4 Å². The van der Waals surface area contributed by atoms with Gasteiger partial charge in [0.1, 0.15) is 5.01 Å². The van der Waals surface area contributed by atoms with Crippen LogP contribution in [0.4, 0.5) is 5.69 Å². The zero-order chi connectivity index (χ0) is 14.8. The van der Waals surface area contributed by atoms with Crippen molar-refractivity contribution in [3.05, 3.63) is 40.2 Å². The monoisotopic (exact) mass is 305 g/mol. The van der Waals surface area contributed by atoms with Crippen molar-refractivity contribution in [2.24, 2.45) is 0 Å². The van der Waals surface area contributed by atoms with Crippen molar-refractivity contribution in [3.8, 4) is 10.6 Å². The second-order valence-corrected chi connectivity index (χ2v) is 5.22. The fourth-order valence-corrected chi connectivity index (χ4v) is 2.71. The van der Waals surface area contributed by atoms with E-state index in [-0.39, 0.29) is 5.69 Å². The highest BCUT2D eigenvalue weighted by Gasteiger charge is 2.13. The first kappa shape index (κ1) is 13.6. The molecule has 0 aliphatic rings. The van der Waals surface area contributed by atoms with Gasteiger partial charge in [-0.2, -0.15) is 9.61 Å². The van der Waals surface area contributed by atoms with Crippen LogP contribution < -0.4 is 0 Å². The van der Waals surface area contributed by atoms with Gasteiger partial charge in [0.05, 0.1) is 11.5 Å². The quantitative estimate of drug-likeness (QED) is 0.528. The molecule has 0 saturated carbocycles. The predicted molar refractivity (Wildman–Crippen MR) is 76.3 cm³/mol. The predicted octanol–water partition coefficient (Wildman–Crippen LogP) is 1.95. The number of hydrogen-bond acceptors (Lipinski definition) is 7. The number of methoxy groups -OCH3 is 1. The van der Waals surface area contributed by atoms with E-state index >= 15 is 0 Å². The van der Waals surface area contributed by atoms with Gasteiger partial charge in [0, 0.05) is 31.2 Å². The number of aromatic nitrogens is 4. The molecule has 0 bridgehead atoms. The molecule has 8 nitrogen and oxygen atoms in total. The van der Waals surface area contributed by atoms with Crippen molar-refractivity contribution in [1.29, 1.82) is 0 Å². The molecule has 2 heterocycles. The Labute approximate surface area is 123 Å². The Morgan fingerprint density at radius 1 is 1.33 bits per heavy atom. The van der Waals surface area contributed by atoms with Crippen LogP contribution in [0.1, 0.15) is 5.82 Å². The Morgan fingerprint density at radius 3 is 2.76 bits per heavy atom. The summed E-state index contributed by atoms with van der Waals surface area (Å²) in [6.07, 6.45) is 0.626. The molecule has 2 aromatic heterocycles. The standard InChI is InChI=1S/C12H11N5O3S/c1-20-7-6-10-13-14-12-16(10)15-11(21-12)8-2-4-9(5-3-8)17(18)19/h2-5H,6-7H2,1H3. The summed E-state index contributed by atoms with van der Waals surface area (Å²) in [5.74, 6) is 0.733. The first-order chi connectivity index (χ1) is 10.2. The molecule has 0 aliphatic heterocycles. The molecule has 0 radical (unpaired) electrons. The first-order valence-electron chi connectivity index (χ1n) is 6.14. The number of benzene rings is 1. The molecule has 0 N–H and O–H groups in total. The number of ether oxygens (including phenoxy) is 1. The molecule has 0 aliphatic carbocycles. The van der Waals surface area contributed by atoms with E-state index in [9.17, 15) is 10.1 Å². The van der Waals surface area contributed by atoms with Gasteiger partial charge in [-0.25, -0.2) is 0 Å². The van der Waals surface area contributed by atoms with Crippen LogP contribution in [0.25, 0.3) is 15.5 Å². The fraction of sp³-hybridized carbons (Fsp3) is 0.250. The Hall–Kier alpha value is -2.39. The van der Waals surface area contributed by atoms with Gasteiger partial charge in [0.25, 0.3) is 5.69 Å². The van der Waals surface area contributed by atoms with E-state index in [1.54, 1.807) is 23.8 Å². The summed E-state index contributed by atoms with van der Waals surface area (Å²) < 4.78 is 6.70. The third-order valence-electron chi connectivity index (χ3n) is 2.91. The molecular weight excluding hydrogens is 294 g/mol. The van der Waals surface area contributed by atoms with Gasteiger partial charge in [-0.3, -0.25) is 10.1 Å². The number of nitrogens with zero attached hydrogens (tertiary/aromatic N) is 5. The number of nitro benzene ring substituents is 1. The molecule has 3 rings (SSSR count). The van der Waals surface area contributed by atoms with E-state index in [4.69, 9.17) is 4.74 Å². The van der Waals surface area contributed by atoms with Gasteiger partial charge in [-0.05, 0) is 12.1 Å². The van der Waals surface area contributed by atoms with E-state index < -0.39 is 4.92 Å². The van der Waals surface area contributed by atoms with Gasteiger partial charge in [0.2, 0.25) is 4.96 Å². The van der Waals surface area contributed by atoms with E-state index in [1.165, 1.54) is 23.5 Å². The normalized spacial score (nSPS) is 11.1. The van der Waals surface area contributed by atoms with Crippen molar-refractivity contribution < 1.29 is 9.66 Å². The first-order valence-corrected chi connectivity index (χ1v) is 6.95. The maximum absolute atomic E-state index is 10.7. The summed E-state index contributed by atoms with van der Waals surface area (Å²) >= 11 is 1.39. The third kappa shape index (κ3) is 2.60. The van der Waals surface area contributed by atoms with Crippen molar-refractivity contribution in [1.82, 2.24) is 19.8 Å². The Balaban J connectivity index is 1.93. The van der Waals surface area contributed by atoms with Crippen LogP contribution in [0.15, 0.2) is 24.3 Å². The molecule has 0 spiro atoms. The minimum Gasteiger partial charge on any atom is -0.384 e. The average molecular weight is 305 g/mol. The second kappa shape index (κ2) is 5.54. The lowest BCUT2D eigenvalue weighted by molar-refractivity contribution is -0.384. The van der Waals surface area contributed by atoms with Gasteiger partial charge < -0.3 is 4.74 Å². The zero-order valence-electron chi connectivity index (χ0n) is 11.1. The molecule has 21 heavy (non-hydrogen) atoms. The number of non-ortho nitro benzene ring substituents is 1. The summed E-state index contributed by atoms with van der Waals surface area (Å²) in [6, 6.07) is 6.28. The summed E-state index contributed by atoms with van der Waals surface area (Å²) in [5, 5.41) is 24.0. The SMILES string of the molecule is COCCc1nnc2sc(-c3ccc([N+](=O)[O-])cc3)nn12. The third-order valence-corrected chi connectivity index (χ3v) is 3.86. The van der Waals surface area contributed by atoms with Crippen molar-refractivity contribution in [2.45, 2.75) is 6.42 Å². The highest BCUT2D eigenvalue weighted by molar-refractivity contribution is 7.19. The van der Waals surface area contributed by atoms with Crippen LogP contribution in [0.2, 0.25) is 0 Å².